The lowest BCUT2D eigenvalue weighted by Crippen LogP contribution is -2.08. The summed E-state index contributed by atoms with van der Waals surface area (Å²) in [5, 5.41) is 1.76. The average molecular weight is 370 g/mol. The lowest BCUT2D eigenvalue weighted by Gasteiger charge is -2.11. The fourth-order valence-electron chi connectivity index (χ4n) is 3.08. The van der Waals surface area contributed by atoms with Crippen molar-refractivity contribution in [3.8, 4) is 17.1 Å². The van der Waals surface area contributed by atoms with Crippen LogP contribution in [0.25, 0.3) is 22.3 Å². The molecule has 0 atom stereocenters. The summed E-state index contributed by atoms with van der Waals surface area (Å²) in [6.45, 7) is 0. The van der Waals surface area contributed by atoms with Crippen molar-refractivity contribution in [3.05, 3.63) is 84.2 Å². The molecule has 4 heteroatoms. The zero-order valence-corrected chi connectivity index (χ0v) is 16.2. The van der Waals surface area contributed by atoms with Crippen LogP contribution in [0.3, 0.4) is 0 Å². The van der Waals surface area contributed by atoms with Gasteiger partial charge in [0.15, 0.2) is 0 Å². The monoisotopic (exact) mass is 370 g/mol. The van der Waals surface area contributed by atoms with Crippen LogP contribution in [0, 0.1) is 0 Å². The number of nitrogens with zero attached hydrogens (tertiary/aromatic N) is 2. The van der Waals surface area contributed by atoms with Gasteiger partial charge < -0.3 is 14.1 Å². The van der Waals surface area contributed by atoms with E-state index in [0.29, 0.717) is 0 Å². The van der Waals surface area contributed by atoms with E-state index in [-0.39, 0.29) is 0 Å². The van der Waals surface area contributed by atoms with Crippen molar-refractivity contribution in [3.63, 3.8) is 0 Å². The normalized spacial score (nSPS) is 11.6. The number of fused-ring (bicyclic) bond motifs is 1. The van der Waals surface area contributed by atoms with Gasteiger partial charge in [0.2, 0.25) is 0 Å². The Bertz CT molecular complexity index is 1160. The molecule has 0 saturated carbocycles. The Morgan fingerprint density at radius 3 is 2.29 bits per heavy atom. The minimum absolute atomic E-state index is 0.769. The van der Waals surface area contributed by atoms with E-state index in [4.69, 9.17) is 14.1 Å². The Hall–Kier alpha value is -3.53. The predicted octanol–water partition coefficient (Wildman–Crippen LogP) is 5.41. The smallest absolute Gasteiger partial charge is 0.137 e. The first-order chi connectivity index (χ1) is 13.6. The third-order valence-corrected chi connectivity index (χ3v) is 4.62. The molecule has 0 radical (unpaired) electrons. The van der Waals surface area contributed by atoms with E-state index in [0.717, 1.165) is 44.8 Å². The Kier molecular flexibility index (Phi) is 4.85. The number of hydrogen-bond acceptors (Lipinski definition) is 4. The van der Waals surface area contributed by atoms with Gasteiger partial charge in [-0.25, -0.2) is 4.99 Å². The number of rotatable bonds is 4. The van der Waals surface area contributed by atoms with Crippen LogP contribution in [0.15, 0.2) is 88.3 Å². The highest BCUT2D eigenvalue weighted by Crippen LogP contribution is 2.25. The fourth-order valence-corrected chi connectivity index (χ4v) is 3.08. The van der Waals surface area contributed by atoms with Crippen molar-refractivity contribution >= 4 is 22.3 Å². The Morgan fingerprint density at radius 1 is 0.857 bits per heavy atom. The maximum atomic E-state index is 6.15. The number of methoxy groups -OCH3 is 1. The van der Waals surface area contributed by atoms with Crippen molar-refractivity contribution in [2.24, 2.45) is 4.99 Å². The molecule has 0 saturated heterocycles. The van der Waals surface area contributed by atoms with E-state index in [1.165, 1.54) is 0 Å². The third-order valence-electron chi connectivity index (χ3n) is 4.62. The Labute approximate surface area is 164 Å². The predicted molar refractivity (Wildman–Crippen MR) is 114 cm³/mol. The van der Waals surface area contributed by atoms with Crippen molar-refractivity contribution in [1.82, 2.24) is 0 Å². The number of anilines is 1. The van der Waals surface area contributed by atoms with Crippen molar-refractivity contribution in [1.29, 1.82) is 0 Å². The van der Waals surface area contributed by atoms with Gasteiger partial charge in [0, 0.05) is 36.8 Å². The first kappa shape index (κ1) is 17.9. The first-order valence-electron chi connectivity index (χ1n) is 9.13. The van der Waals surface area contributed by atoms with E-state index < -0.39 is 0 Å². The minimum Gasteiger partial charge on any atom is -0.497 e. The largest absolute Gasteiger partial charge is 0.497 e. The molecule has 0 bridgehead atoms. The Balaban J connectivity index is 1.93. The molecule has 1 heterocycles. The molecular weight excluding hydrogens is 348 g/mol. The third kappa shape index (κ3) is 3.62. The highest BCUT2D eigenvalue weighted by Gasteiger charge is 2.07. The molecule has 0 unspecified atom stereocenters. The zero-order chi connectivity index (χ0) is 19.5. The maximum Gasteiger partial charge on any atom is 0.137 e. The summed E-state index contributed by atoms with van der Waals surface area (Å²) in [6.07, 6.45) is 0. The van der Waals surface area contributed by atoms with Gasteiger partial charge in [0.05, 0.1) is 18.2 Å². The zero-order valence-electron chi connectivity index (χ0n) is 16.2. The molecule has 0 fully saturated rings. The minimum atomic E-state index is 0.769. The SMILES string of the molecule is COc1ccc2oc(-c3ccccc3)cc(=Nc3ccc(N(C)C)cc3)c2c1. The van der Waals surface area contributed by atoms with Gasteiger partial charge >= 0.3 is 0 Å². The van der Waals surface area contributed by atoms with Crippen LogP contribution in [-0.2, 0) is 0 Å². The van der Waals surface area contributed by atoms with Crippen molar-refractivity contribution in [2.75, 3.05) is 26.1 Å². The summed E-state index contributed by atoms with van der Waals surface area (Å²) < 4.78 is 11.5. The van der Waals surface area contributed by atoms with Crippen LogP contribution in [0.2, 0.25) is 0 Å². The molecule has 0 aliphatic rings. The molecule has 0 aliphatic carbocycles. The second kappa shape index (κ2) is 7.61. The lowest BCUT2D eigenvalue weighted by molar-refractivity contribution is 0.415. The molecule has 3 aromatic carbocycles. The van der Waals surface area contributed by atoms with Crippen LogP contribution in [0.5, 0.6) is 5.75 Å². The highest BCUT2D eigenvalue weighted by atomic mass is 16.5. The summed E-state index contributed by atoms with van der Waals surface area (Å²) in [6, 6.07) is 26.0. The van der Waals surface area contributed by atoms with Crippen LogP contribution < -0.4 is 15.0 Å². The summed E-state index contributed by atoms with van der Waals surface area (Å²) in [5.41, 5.74) is 3.81. The molecule has 0 spiro atoms. The quantitative estimate of drug-likeness (QED) is 0.482. The summed E-state index contributed by atoms with van der Waals surface area (Å²) in [7, 11) is 5.71. The average Bonchev–Trinajstić information content (AvgIpc) is 2.74. The fraction of sp³-hybridized carbons (Fsp3) is 0.125. The van der Waals surface area contributed by atoms with E-state index in [1.807, 2.05) is 80.8 Å². The van der Waals surface area contributed by atoms with Gasteiger partial charge in [-0.15, -0.1) is 0 Å². The van der Waals surface area contributed by atoms with Gasteiger partial charge in [-0.2, -0.15) is 0 Å². The standard InChI is InChI=1S/C24H22N2O2/c1-26(2)19-11-9-18(10-12-19)25-22-16-24(17-7-5-4-6-8-17)28-23-14-13-20(27-3)15-21(22)23/h4-16H,1-3H3. The van der Waals surface area contributed by atoms with Gasteiger partial charge in [0.1, 0.15) is 17.1 Å². The van der Waals surface area contributed by atoms with Crippen molar-refractivity contribution < 1.29 is 9.15 Å². The first-order valence-corrected chi connectivity index (χ1v) is 9.13. The molecule has 28 heavy (non-hydrogen) atoms. The molecule has 4 rings (SSSR count). The van der Waals surface area contributed by atoms with Crippen LogP contribution in [-0.4, -0.2) is 21.2 Å². The van der Waals surface area contributed by atoms with E-state index in [9.17, 15) is 0 Å². The molecule has 4 aromatic rings. The van der Waals surface area contributed by atoms with Crippen LogP contribution in [0.1, 0.15) is 0 Å². The summed E-state index contributed by atoms with van der Waals surface area (Å²) in [5.74, 6) is 1.55. The molecule has 0 N–H and O–H groups in total. The lowest BCUT2D eigenvalue weighted by atomic mass is 10.1. The topological polar surface area (TPSA) is 38.0 Å². The Morgan fingerprint density at radius 2 is 1.61 bits per heavy atom. The van der Waals surface area contributed by atoms with Crippen molar-refractivity contribution in [2.45, 2.75) is 0 Å². The van der Waals surface area contributed by atoms with Crippen LogP contribution in [0.4, 0.5) is 11.4 Å². The van der Waals surface area contributed by atoms with Gasteiger partial charge in [-0.3, -0.25) is 0 Å². The van der Waals surface area contributed by atoms with Gasteiger partial charge in [-0.1, -0.05) is 30.3 Å². The van der Waals surface area contributed by atoms with E-state index in [2.05, 4.69) is 17.0 Å². The summed E-state index contributed by atoms with van der Waals surface area (Å²) in [4.78, 5) is 6.97. The number of hydrogen-bond donors (Lipinski definition) is 0. The van der Waals surface area contributed by atoms with Gasteiger partial charge in [-0.05, 0) is 42.5 Å². The molecule has 0 amide bonds. The molecule has 140 valence electrons. The molecular formula is C24H22N2O2. The summed E-state index contributed by atoms with van der Waals surface area (Å²) >= 11 is 0. The van der Waals surface area contributed by atoms with E-state index >= 15 is 0 Å². The second-order valence-electron chi connectivity index (χ2n) is 6.75. The number of benzene rings is 3. The second-order valence-corrected chi connectivity index (χ2v) is 6.75. The van der Waals surface area contributed by atoms with Crippen LogP contribution >= 0.6 is 0 Å². The number of ether oxygens (including phenoxy) is 1. The molecule has 0 aliphatic heterocycles. The van der Waals surface area contributed by atoms with E-state index in [1.54, 1.807) is 7.11 Å². The molecule has 1 aromatic heterocycles. The maximum absolute atomic E-state index is 6.15. The highest BCUT2D eigenvalue weighted by molar-refractivity contribution is 5.80. The van der Waals surface area contributed by atoms with Gasteiger partial charge in [0.25, 0.3) is 0 Å². The molecule has 4 nitrogen and oxygen atoms in total.